The van der Waals surface area contributed by atoms with E-state index in [9.17, 15) is 9.67 Å². The molecule has 2 heterocycles. The molecule has 0 aliphatic carbocycles. The number of hydrogen-bond acceptors (Lipinski definition) is 5. The van der Waals surface area contributed by atoms with Crippen molar-refractivity contribution in [2.45, 2.75) is 32.9 Å². The maximum Gasteiger partial charge on any atom is 0.223 e. The molecule has 0 spiro atoms. The fraction of sp³-hybridized carbons (Fsp3) is 0.444. The summed E-state index contributed by atoms with van der Waals surface area (Å²) in [6, 6.07) is 7.38. The van der Waals surface area contributed by atoms with Crippen LogP contribution in [0.5, 0.6) is 5.75 Å². The van der Waals surface area contributed by atoms with Crippen LogP contribution in [0.25, 0.3) is 0 Å². The third-order valence-corrected chi connectivity index (χ3v) is 7.82. The Hall–Kier alpha value is -1.91. The van der Waals surface area contributed by atoms with Crippen molar-refractivity contribution in [1.82, 2.24) is 15.1 Å². The monoisotopic (exact) mass is 360 g/mol. The molecule has 1 aromatic carbocycles. The van der Waals surface area contributed by atoms with Gasteiger partial charge in [-0.2, -0.15) is 0 Å². The molecule has 6 nitrogen and oxygen atoms in total. The lowest BCUT2D eigenvalue weighted by Crippen LogP contribution is -2.19. The van der Waals surface area contributed by atoms with Crippen LogP contribution in [0.15, 0.2) is 24.3 Å². The molecule has 0 amide bonds. The molecule has 0 bridgehead atoms. The normalized spacial score (nSPS) is 21.2. The molecule has 2 unspecified atom stereocenters. The van der Waals surface area contributed by atoms with Crippen LogP contribution < -0.4 is 10.4 Å². The van der Waals surface area contributed by atoms with Gasteiger partial charge >= 0.3 is 0 Å². The summed E-state index contributed by atoms with van der Waals surface area (Å²) >= 11 is 0. The van der Waals surface area contributed by atoms with E-state index in [-0.39, 0.29) is 11.4 Å². The lowest BCUT2D eigenvalue weighted by atomic mass is 10.1. The highest BCUT2D eigenvalue weighted by Crippen LogP contribution is 2.58. The van der Waals surface area contributed by atoms with E-state index in [1.165, 1.54) is 0 Å². The van der Waals surface area contributed by atoms with Crippen molar-refractivity contribution in [3.8, 4) is 5.75 Å². The minimum absolute atomic E-state index is 0.182. The van der Waals surface area contributed by atoms with E-state index < -0.39 is 7.29 Å². The quantitative estimate of drug-likeness (QED) is 0.707. The number of phenols is 1. The van der Waals surface area contributed by atoms with Gasteiger partial charge in [0.25, 0.3) is 0 Å². The van der Waals surface area contributed by atoms with Gasteiger partial charge in [0, 0.05) is 30.6 Å². The number of anilines is 1. The first-order valence-corrected chi connectivity index (χ1v) is 10.5. The lowest BCUT2D eigenvalue weighted by molar-refractivity contribution is 0.470. The molecule has 1 aliphatic rings. The van der Waals surface area contributed by atoms with Crippen molar-refractivity contribution in [2.24, 2.45) is 0 Å². The van der Waals surface area contributed by atoms with Gasteiger partial charge in [-0.05, 0) is 50.5 Å². The molecule has 2 atom stereocenters. The molecular formula is C18H25N4O2P. The predicted octanol–water partition coefficient (Wildman–Crippen LogP) is 3.53. The van der Waals surface area contributed by atoms with Gasteiger partial charge in [-0.15, -0.1) is 0 Å². The highest BCUT2D eigenvalue weighted by Gasteiger charge is 2.37. The molecule has 7 heteroatoms. The number of benzene rings is 1. The van der Waals surface area contributed by atoms with E-state index in [0.717, 1.165) is 35.5 Å². The zero-order chi connectivity index (χ0) is 18.0. The number of aromatic hydroxyl groups is 1. The summed E-state index contributed by atoms with van der Waals surface area (Å²) < 4.78 is 13.4. The number of aryl methyl sites for hydroxylation is 3. The van der Waals surface area contributed by atoms with Crippen molar-refractivity contribution < 1.29 is 9.67 Å². The Morgan fingerprint density at radius 2 is 1.96 bits per heavy atom. The fourth-order valence-corrected chi connectivity index (χ4v) is 6.20. The predicted molar refractivity (Wildman–Crippen MR) is 101 cm³/mol. The molecule has 25 heavy (non-hydrogen) atoms. The Bertz CT molecular complexity index is 794. The summed E-state index contributed by atoms with van der Waals surface area (Å²) in [5, 5.41) is 16.3. The van der Waals surface area contributed by atoms with Crippen LogP contribution in [-0.4, -0.2) is 34.3 Å². The average molecular weight is 360 g/mol. The number of rotatable bonds is 5. The second-order valence-electron chi connectivity index (χ2n) is 6.70. The number of nitrogens with one attached hydrogen (secondary N) is 2. The summed E-state index contributed by atoms with van der Waals surface area (Å²) in [5.41, 5.74) is 3.37. The van der Waals surface area contributed by atoms with Gasteiger partial charge in [-0.1, -0.05) is 12.1 Å². The van der Waals surface area contributed by atoms with Crippen LogP contribution >= 0.6 is 7.29 Å². The maximum atomic E-state index is 13.4. The Balaban J connectivity index is 1.88. The third kappa shape index (κ3) is 4.02. The summed E-state index contributed by atoms with van der Waals surface area (Å²) in [4.78, 5) is 8.82. The highest BCUT2D eigenvalue weighted by atomic mass is 31.2. The Morgan fingerprint density at radius 3 is 2.56 bits per heavy atom. The van der Waals surface area contributed by atoms with Crippen molar-refractivity contribution in [1.29, 1.82) is 0 Å². The maximum absolute atomic E-state index is 13.4. The topological polar surface area (TPSA) is 87.1 Å². The Kier molecular flexibility index (Phi) is 5.11. The third-order valence-electron chi connectivity index (χ3n) is 4.59. The number of nitrogens with zero attached hydrogens (tertiary/aromatic N) is 2. The molecule has 2 aromatic rings. The van der Waals surface area contributed by atoms with Crippen molar-refractivity contribution in [2.75, 3.05) is 24.6 Å². The number of hydrogen-bond donors (Lipinski definition) is 3. The van der Waals surface area contributed by atoms with E-state index in [0.29, 0.717) is 18.7 Å². The largest absolute Gasteiger partial charge is 0.508 e. The Morgan fingerprint density at radius 1 is 1.24 bits per heavy atom. The van der Waals surface area contributed by atoms with Crippen LogP contribution in [0.2, 0.25) is 0 Å². The minimum Gasteiger partial charge on any atom is -0.508 e. The minimum atomic E-state index is -2.55. The molecule has 3 rings (SSSR count). The van der Waals surface area contributed by atoms with E-state index in [1.807, 2.05) is 39.0 Å². The van der Waals surface area contributed by atoms with Gasteiger partial charge in [-0.3, -0.25) is 5.09 Å². The molecule has 1 saturated heterocycles. The van der Waals surface area contributed by atoms with E-state index in [1.54, 1.807) is 6.07 Å². The molecule has 1 aromatic heterocycles. The van der Waals surface area contributed by atoms with Crippen molar-refractivity contribution in [3.63, 3.8) is 0 Å². The summed E-state index contributed by atoms with van der Waals surface area (Å²) in [6.07, 6.45) is 1.61. The molecule has 3 N–H and O–H groups in total. The summed E-state index contributed by atoms with van der Waals surface area (Å²) in [7, 11) is -2.55. The van der Waals surface area contributed by atoms with Crippen LogP contribution in [-0.2, 0) is 4.57 Å². The van der Waals surface area contributed by atoms with E-state index in [4.69, 9.17) is 0 Å². The van der Waals surface area contributed by atoms with Gasteiger partial charge in [0.15, 0.2) is 7.29 Å². The first kappa shape index (κ1) is 17.9. The summed E-state index contributed by atoms with van der Waals surface area (Å²) in [5.74, 6) is 0.814. The van der Waals surface area contributed by atoms with Gasteiger partial charge < -0.3 is 15.0 Å². The fourth-order valence-electron chi connectivity index (χ4n) is 3.31. The van der Waals surface area contributed by atoms with Crippen LogP contribution in [0.4, 0.5) is 5.95 Å². The average Bonchev–Trinajstić information content (AvgIpc) is 2.97. The number of aromatic nitrogens is 2. The van der Waals surface area contributed by atoms with Gasteiger partial charge in [-0.25, -0.2) is 9.97 Å². The SMILES string of the molecule is Cc1cc(C)nc(NCC(c2ccc(O)c(C)c2)P2(=O)CCCN2)n1. The van der Waals surface area contributed by atoms with Crippen molar-refractivity contribution >= 4 is 13.2 Å². The Labute approximate surface area is 148 Å². The number of phenolic OH excluding ortho intramolecular Hbond substituents is 1. The second-order valence-corrected chi connectivity index (χ2v) is 9.68. The van der Waals surface area contributed by atoms with Crippen LogP contribution in [0.1, 0.15) is 34.6 Å². The summed E-state index contributed by atoms with van der Waals surface area (Å²) in [6.45, 7) is 6.99. The molecule has 1 aliphatic heterocycles. The second kappa shape index (κ2) is 7.14. The molecule has 0 radical (unpaired) electrons. The first-order chi connectivity index (χ1) is 11.9. The molecular weight excluding hydrogens is 335 g/mol. The zero-order valence-electron chi connectivity index (χ0n) is 14.9. The smallest absolute Gasteiger partial charge is 0.223 e. The van der Waals surface area contributed by atoms with Crippen molar-refractivity contribution in [3.05, 3.63) is 46.8 Å². The molecule has 134 valence electrons. The van der Waals surface area contributed by atoms with Gasteiger partial charge in [0.1, 0.15) is 5.75 Å². The van der Waals surface area contributed by atoms with Gasteiger partial charge in [0.05, 0.1) is 5.66 Å². The molecule has 1 fully saturated rings. The molecule has 0 saturated carbocycles. The van der Waals surface area contributed by atoms with Gasteiger partial charge in [0.2, 0.25) is 5.95 Å². The lowest BCUT2D eigenvalue weighted by Gasteiger charge is -2.25. The van der Waals surface area contributed by atoms with Crippen LogP contribution in [0, 0.1) is 20.8 Å². The van der Waals surface area contributed by atoms with Crippen LogP contribution in [0.3, 0.4) is 0 Å². The highest BCUT2D eigenvalue weighted by molar-refractivity contribution is 7.62. The zero-order valence-corrected chi connectivity index (χ0v) is 15.8. The standard InChI is InChI=1S/C18H25N4O2P/c1-12-9-15(5-6-16(12)23)17(25(24)8-4-7-20-25)11-19-18-21-13(2)10-14(3)22-18/h5-6,9-10,17,23H,4,7-8,11H2,1-3H3,(H,20,24)(H,19,21,22). The first-order valence-electron chi connectivity index (χ1n) is 8.57. The van der Waals surface area contributed by atoms with E-state index in [2.05, 4.69) is 20.4 Å². The van der Waals surface area contributed by atoms with E-state index >= 15 is 0 Å².